The van der Waals surface area contributed by atoms with Gasteiger partial charge in [0.1, 0.15) is 5.82 Å². The van der Waals surface area contributed by atoms with Crippen LogP contribution in [-0.4, -0.2) is 52.6 Å². The first-order chi connectivity index (χ1) is 13.6. The molecule has 0 N–H and O–H groups in total. The summed E-state index contributed by atoms with van der Waals surface area (Å²) < 4.78 is 21.1. The maximum atomic E-state index is 13.9. The van der Waals surface area contributed by atoms with Crippen LogP contribution in [0.4, 0.5) is 10.3 Å². The van der Waals surface area contributed by atoms with Gasteiger partial charge in [0.15, 0.2) is 10.9 Å². The number of thioether (sulfide) groups is 1. The van der Waals surface area contributed by atoms with Gasteiger partial charge in [-0.05, 0) is 37.3 Å². The van der Waals surface area contributed by atoms with Gasteiger partial charge in [-0.1, -0.05) is 17.8 Å². The highest BCUT2D eigenvalue weighted by Crippen LogP contribution is 2.28. The summed E-state index contributed by atoms with van der Waals surface area (Å²) in [7, 11) is 0. The Morgan fingerprint density at radius 2 is 2.07 bits per heavy atom. The summed E-state index contributed by atoms with van der Waals surface area (Å²) in [6, 6.07) is 10.1. The monoisotopic (exact) mass is 418 g/mol. The number of benzene rings is 1. The van der Waals surface area contributed by atoms with Crippen LogP contribution in [0.1, 0.15) is 14.5 Å². The van der Waals surface area contributed by atoms with Crippen LogP contribution in [0.15, 0.2) is 41.6 Å². The summed E-state index contributed by atoms with van der Waals surface area (Å²) in [6.07, 6.45) is 0. The highest BCUT2D eigenvalue weighted by Gasteiger charge is 2.23. The fraction of sp³-hybridized carbons (Fsp3) is 0.316. The average Bonchev–Trinajstić information content (AvgIpc) is 3.33. The van der Waals surface area contributed by atoms with E-state index in [1.807, 2.05) is 29.7 Å². The number of ether oxygens (including phenoxy) is 1. The minimum atomic E-state index is -0.333. The van der Waals surface area contributed by atoms with Crippen molar-refractivity contribution in [3.05, 3.63) is 52.0 Å². The highest BCUT2D eigenvalue weighted by molar-refractivity contribution is 7.99. The van der Waals surface area contributed by atoms with Crippen LogP contribution in [0, 0.1) is 12.7 Å². The predicted octanol–water partition coefficient (Wildman–Crippen LogP) is 3.59. The summed E-state index contributed by atoms with van der Waals surface area (Å²) in [5, 5.41) is 9.19. The van der Waals surface area contributed by atoms with E-state index in [0.29, 0.717) is 43.1 Å². The van der Waals surface area contributed by atoms with Crippen molar-refractivity contribution in [3.63, 3.8) is 0 Å². The molecule has 1 saturated heterocycles. The number of rotatable bonds is 6. The molecule has 0 unspecified atom stereocenters. The summed E-state index contributed by atoms with van der Waals surface area (Å²) in [6.45, 7) is 4.56. The third-order valence-electron chi connectivity index (χ3n) is 4.32. The molecular weight excluding hydrogens is 399 g/mol. The third-order valence-corrected chi connectivity index (χ3v) is 6.29. The van der Waals surface area contributed by atoms with Crippen molar-refractivity contribution in [2.45, 2.75) is 12.1 Å². The van der Waals surface area contributed by atoms with E-state index in [1.54, 1.807) is 6.07 Å². The molecule has 146 valence electrons. The molecule has 0 amide bonds. The number of aryl methyl sites for hydroxylation is 1. The molecule has 1 aliphatic heterocycles. The van der Waals surface area contributed by atoms with E-state index in [-0.39, 0.29) is 17.4 Å². The molecule has 3 aromatic rings. The molecule has 6 nitrogen and oxygen atoms in total. The van der Waals surface area contributed by atoms with E-state index in [9.17, 15) is 9.18 Å². The van der Waals surface area contributed by atoms with Gasteiger partial charge in [0, 0.05) is 18.0 Å². The number of Topliss-reactive ketones (excluding diaryl/α,β-unsaturated/α-hetero) is 1. The molecule has 0 aliphatic carbocycles. The third kappa shape index (κ3) is 4.11. The zero-order chi connectivity index (χ0) is 19.5. The van der Waals surface area contributed by atoms with Crippen LogP contribution in [0.5, 0.6) is 0 Å². The second-order valence-electron chi connectivity index (χ2n) is 6.32. The van der Waals surface area contributed by atoms with E-state index >= 15 is 0 Å². The predicted molar refractivity (Wildman–Crippen MR) is 108 cm³/mol. The van der Waals surface area contributed by atoms with Gasteiger partial charge < -0.3 is 9.64 Å². The Kier molecular flexibility index (Phi) is 5.74. The van der Waals surface area contributed by atoms with Crippen molar-refractivity contribution in [2.24, 2.45) is 0 Å². The van der Waals surface area contributed by atoms with Crippen LogP contribution in [0.3, 0.4) is 0 Å². The minimum Gasteiger partial charge on any atom is -0.378 e. The fourth-order valence-electron chi connectivity index (χ4n) is 2.95. The molecule has 1 aromatic carbocycles. The molecule has 3 heterocycles. The average molecular weight is 419 g/mol. The number of halogens is 1. The van der Waals surface area contributed by atoms with Gasteiger partial charge in [0.05, 0.1) is 29.5 Å². The molecule has 28 heavy (non-hydrogen) atoms. The Morgan fingerprint density at radius 3 is 2.79 bits per heavy atom. The lowest BCUT2D eigenvalue weighted by molar-refractivity contribution is 0.102. The molecule has 0 atom stereocenters. The smallest absolute Gasteiger partial charge is 0.232 e. The van der Waals surface area contributed by atoms with Crippen LogP contribution in [0.2, 0.25) is 0 Å². The Morgan fingerprint density at radius 1 is 1.25 bits per heavy atom. The number of ketones is 1. The number of carbonyl (C=O) groups is 1. The molecule has 9 heteroatoms. The van der Waals surface area contributed by atoms with Crippen molar-refractivity contribution in [1.82, 2.24) is 14.8 Å². The normalized spacial score (nSPS) is 14.4. The summed E-state index contributed by atoms with van der Waals surface area (Å²) in [4.78, 5) is 16.4. The van der Waals surface area contributed by atoms with E-state index < -0.39 is 0 Å². The van der Waals surface area contributed by atoms with Gasteiger partial charge >= 0.3 is 0 Å². The standard InChI is InChI=1S/C19H19FN4O2S2/c1-13-5-6-17(28-13)16(25)12-27-19-22-21-18(23-7-9-26-10-8-23)24(19)15-4-2-3-14(20)11-15/h2-6,11H,7-10,12H2,1H3. The number of aromatic nitrogens is 3. The topological polar surface area (TPSA) is 60.3 Å². The number of thiophene rings is 1. The van der Waals surface area contributed by atoms with Gasteiger partial charge in [-0.15, -0.1) is 21.5 Å². The maximum Gasteiger partial charge on any atom is 0.232 e. The van der Waals surface area contributed by atoms with Crippen LogP contribution < -0.4 is 4.90 Å². The van der Waals surface area contributed by atoms with Gasteiger partial charge in [0.25, 0.3) is 0 Å². The van der Waals surface area contributed by atoms with Crippen molar-refractivity contribution in [2.75, 3.05) is 37.0 Å². The van der Waals surface area contributed by atoms with E-state index in [0.717, 1.165) is 9.75 Å². The van der Waals surface area contributed by atoms with E-state index in [1.165, 1.54) is 35.2 Å². The second kappa shape index (κ2) is 8.42. The Labute approximate surface area is 170 Å². The molecule has 0 bridgehead atoms. The first-order valence-corrected chi connectivity index (χ1v) is 10.7. The summed E-state index contributed by atoms with van der Waals surface area (Å²) >= 11 is 2.79. The second-order valence-corrected chi connectivity index (χ2v) is 8.55. The van der Waals surface area contributed by atoms with Crippen LogP contribution in [-0.2, 0) is 4.74 Å². The summed E-state index contributed by atoms with van der Waals surface area (Å²) in [5.41, 5.74) is 0.633. The van der Waals surface area contributed by atoms with Gasteiger partial charge in [-0.25, -0.2) is 4.39 Å². The van der Waals surface area contributed by atoms with Crippen molar-refractivity contribution < 1.29 is 13.9 Å². The number of hydrogen-bond donors (Lipinski definition) is 0. The Hall–Kier alpha value is -2.23. The lowest BCUT2D eigenvalue weighted by atomic mass is 10.3. The minimum absolute atomic E-state index is 0.0461. The van der Waals surface area contributed by atoms with E-state index in [2.05, 4.69) is 15.1 Å². The van der Waals surface area contributed by atoms with Crippen LogP contribution >= 0.6 is 23.1 Å². The lowest BCUT2D eigenvalue weighted by Gasteiger charge is -2.27. The lowest BCUT2D eigenvalue weighted by Crippen LogP contribution is -2.37. The first-order valence-electron chi connectivity index (χ1n) is 8.88. The molecule has 0 saturated carbocycles. The largest absolute Gasteiger partial charge is 0.378 e. The molecule has 0 radical (unpaired) electrons. The number of nitrogens with zero attached hydrogens (tertiary/aromatic N) is 4. The van der Waals surface area contributed by atoms with E-state index in [4.69, 9.17) is 4.74 Å². The molecule has 2 aromatic heterocycles. The van der Waals surface area contributed by atoms with Gasteiger partial charge in [0.2, 0.25) is 5.95 Å². The molecule has 0 spiro atoms. The van der Waals surface area contributed by atoms with Gasteiger partial charge in [-0.2, -0.15) is 0 Å². The summed E-state index contributed by atoms with van der Waals surface area (Å²) in [5.74, 6) is 0.595. The number of carbonyl (C=O) groups excluding carboxylic acids is 1. The zero-order valence-electron chi connectivity index (χ0n) is 15.3. The van der Waals surface area contributed by atoms with Crippen LogP contribution in [0.25, 0.3) is 5.69 Å². The Bertz CT molecular complexity index is 982. The van der Waals surface area contributed by atoms with Crippen molar-refractivity contribution in [1.29, 1.82) is 0 Å². The maximum absolute atomic E-state index is 13.9. The molecular formula is C19H19FN4O2S2. The van der Waals surface area contributed by atoms with Gasteiger partial charge in [-0.3, -0.25) is 9.36 Å². The quantitative estimate of drug-likeness (QED) is 0.450. The highest BCUT2D eigenvalue weighted by atomic mass is 32.2. The zero-order valence-corrected chi connectivity index (χ0v) is 16.9. The first kappa shape index (κ1) is 19.1. The number of hydrogen-bond acceptors (Lipinski definition) is 7. The van der Waals surface area contributed by atoms with Crippen molar-refractivity contribution >= 4 is 34.8 Å². The number of anilines is 1. The SMILES string of the molecule is Cc1ccc(C(=O)CSc2nnc(N3CCOCC3)n2-c2cccc(F)c2)s1. The molecule has 1 aliphatic rings. The Balaban J connectivity index is 1.62. The molecule has 4 rings (SSSR count). The fourth-order valence-corrected chi connectivity index (χ4v) is 4.68. The van der Waals surface area contributed by atoms with Crippen molar-refractivity contribution in [3.8, 4) is 5.69 Å². The molecule has 1 fully saturated rings. The number of morpholine rings is 1.